The van der Waals surface area contributed by atoms with Crippen LogP contribution >= 0.6 is 23.7 Å². The Hall–Kier alpha value is -1.30. The number of nitrogens with one attached hydrogen (secondary N) is 1. The van der Waals surface area contributed by atoms with E-state index in [0.717, 1.165) is 39.4 Å². The van der Waals surface area contributed by atoms with Gasteiger partial charge in [-0.05, 0) is 69.6 Å². The highest BCUT2D eigenvalue weighted by molar-refractivity contribution is 7.21. The van der Waals surface area contributed by atoms with Crippen molar-refractivity contribution in [2.24, 2.45) is 5.92 Å². The molecule has 4 heterocycles. The van der Waals surface area contributed by atoms with E-state index in [9.17, 15) is 4.79 Å². The molecule has 3 fully saturated rings. The van der Waals surface area contributed by atoms with Gasteiger partial charge in [-0.2, -0.15) is 0 Å². The van der Waals surface area contributed by atoms with E-state index in [0.29, 0.717) is 5.92 Å². The zero-order chi connectivity index (χ0) is 17.8. The second-order valence-corrected chi connectivity index (χ2v) is 8.93. The SMILES string of the molecule is COc1c(C)ccc2cc(C(=O)NC3C4CCN(CC4)C3(C)C)sc12.Cl. The molecule has 0 spiro atoms. The molecular weight excluding hydrogens is 368 g/mol. The number of piperidine rings is 3. The van der Waals surface area contributed by atoms with Gasteiger partial charge in [-0.1, -0.05) is 12.1 Å². The highest BCUT2D eigenvalue weighted by Gasteiger charge is 2.48. The lowest BCUT2D eigenvalue weighted by atomic mass is 9.72. The van der Waals surface area contributed by atoms with Crippen LogP contribution in [-0.4, -0.2) is 42.6 Å². The van der Waals surface area contributed by atoms with Gasteiger partial charge in [-0.15, -0.1) is 23.7 Å². The minimum absolute atomic E-state index is 0. The van der Waals surface area contributed by atoms with Gasteiger partial charge in [0.1, 0.15) is 5.75 Å². The first-order chi connectivity index (χ1) is 11.9. The standard InChI is InChI=1S/C20H26N2O2S.ClH/c1-12-5-6-14-11-15(25-17(14)16(12)24-4)19(23)21-18-13-7-9-22(10-8-13)20(18,2)3;/h5-6,11,13,18H,7-10H2,1-4H3,(H,21,23);1H. The number of hydrogen-bond donors (Lipinski definition) is 1. The Morgan fingerprint density at radius 1 is 1.31 bits per heavy atom. The summed E-state index contributed by atoms with van der Waals surface area (Å²) < 4.78 is 6.60. The number of thiophene rings is 1. The van der Waals surface area contributed by atoms with Crippen LogP contribution in [0.4, 0.5) is 0 Å². The van der Waals surface area contributed by atoms with E-state index < -0.39 is 0 Å². The molecule has 6 heteroatoms. The van der Waals surface area contributed by atoms with Gasteiger partial charge < -0.3 is 10.1 Å². The van der Waals surface area contributed by atoms with E-state index in [1.807, 2.05) is 19.1 Å². The second-order valence-electron chi connectivity index (χ2n) is 7.87. The quantitative estimate of drug-likeness (QED) is 0.846. The zero-order valence-electron chi connectivity index (χ0n) is 15.8. The molecule has 2 bridgehead atoms. The average Bonchev–Trinajstić information content (AvgIpc) is 3.02. The fourth-order valence-corrected chi connectivity index (χ4v) is 5.77. The second kappa shape index (κ2) is 7.02. The molecule has 1 amide bonds. The predicted octanol–water partition coefficient (Wildman–Crippen LogP) is 4.24. The molecular formula is C20H27ClN2O2S. The highest BCUT2D eigenvalue weighted by atomic mass is 35.5. The van der Waals surface area contributed by atoms with Crippen LogP contribution in [0.5, 0.6) is 5.75 Å². The third kappa shape index (κ3) is 3.00. The van der Waals surface area contributed by atoms with Crippen molar-refractivity contribution in [3.63, 3.8) is 0 Å². The molecule has 2 aromatic rings. The Morgan fingerprint density at radius 2 is 2.00 bits per heavy atom. The Balaban J connectivity index is 0.00000196. The van der Waals surface area contributed by atoms with Gasteiger partial charge in [0.05, 0.1) is 16.7 Å². The lowest BCUT2D eigenvalue weighted by Gasteiger charge is -2.56. The molecule has 3 aliphatic rings. The predicted molar refractivity (Wildman–Crippen MR) is 110 cm³/mol. The maximum atomic E-state index is 13.0. The summed E-state index contributed by atoms with van der Waals surface area (Å²) in [5.41, 5.74) is 1.13. The van der Waals surface area contributed by atoms with E-state index in [1.54, 1.807) is 7.11 Å². The number of carbonyl (C=O) groups is 1. The average molecular weight is 395 g/mol. The van der Waals surface area contributed by atoms with Crippen molar-refractivity contribution in [3.8, 4) is 5.75 Å². The maximum absolute atomic E-state index is 13.0. The van der Waals surface area contributed by atoms with E-state index in [2.05, 4.69) is 30.1 Å². The molecule has 0 aliphatic carbocycles. The van der Waals surface area contributed by atoms with E-state index in [1.165, 1.54) is 24.2 Å². The minimum atomic E-state index is 0. The van der Waals surface area contributed by atoms with Crippen molar-refractivity contribution in [2.45, 2.75) is 45.2 Å². The normalized spacial score (nSPS) is 26.4. The van der Waals surface area contributed by atoms with Crippen LogP contribution in [0.2, 0.25) is 0 Å². The zero-order valence-corrected chi connectivity index (χ0v) is 17.4. The molecule has 1 N–H and O–H groups in total. The minimum Gasteiger partial charge on any atom is -0.495 e. The van der Waals surface area contributed by atoms with Gasteiger partial charge in [0.2, 0.25) is 0 Å². The molecule has 1 atom stereocenters. The van der Waals surface area contributed by atoms with Gasteiger partial charge in [0, 0.05) is 11.6 Å². The first-order valence-electron chi connectivity index (χ1n) is 9.05. The Morgan fingerprint density at radius 3 is 2.62 bits per heavy atom. The molecule has 3 aliphatic heterocycles. The van der Waals surface area contributed by atoms with Gasteiger partial charge in [0.25, 0.3) is 5.91 Å². The number of methoxy groups -OCH3 is 1. The van der Waals surface area contributed by atoms with Gasteiger partial charge in [-0.25, -0.2) is 0 Å². The van der Waals surface area contributed by atoms with Crippen LogP contribution in [0.1, 0.15) is 41.9 Å². The monoisotopic (exact) mass is 394 g/mol. The Labute approximate surface area is 165 Å². The summed E-state index contributed by atoms with van der Waals surface area (Å²) in [7, 11) is 1.69. The first kappa shape index (κ1) is 19.5. The summed E-state index contributed by atoms with van der Waals surface area (Å²) in [5, 5.41) is 4.43. The Bertz CT molecular complexity index is 825. The number of ether oxygens (including phenoxy) is 1. The van der Waals surface area contributed by atoms with E-state index in [-0.39, 0.29) is 29.9 Å². The van der Waals surface area contributed by atoms with Crippen molar-refractivity contribution in [3.05, 3.63) is 28.6 Å². The molecule has 142 valence electrons. The number of amides is 1. The molecule has 3 saturated heterocycles. The van der Waals surface area contributed by atoms with Crippen molar-refractivity contribution >= 4 is 39.7 Å². The number of rotatable bonds is 3. The van der Waals surface area contributed by atoms with Crippen LogP contribution in [0, 0.1) is 12.8 Å². The van der Waals surface area contributed by atoms with Gasteiger partial charge in [-0.3, -0.25) is 9.69 Å². The summed E-state index contributed by atoms with van der Waals surface area (Å²) in [5.74, 6) is 1.52. The fourth-order valence-electron chi connectivity index (χ4n) is 4.63. The van der Waals surface area contributed by atoms with E-state index in [4.69, 9.17) is 4.74 Å². The van der Waals surface area contributed by atoms with E-state index >= 15 is 0 Å². The topological polar surface area (TPSA) is 41.6 Å². The molecule has 4 nitrogen and oxygen atoms in total. The van der Waals surface area contributed by atoms with Crippen LogP contribution in [-0.2, 0) is 0 Å². The van der Waals surface area contributed by atoms with Gasteiger partial charge >= 0.3 is 0 Å². The van der Waals surface area contributed by atoms with Crippen LogP contribution < -0.4 is 10.1 Å². The number of nitrogens with zero attached hydrogens (tertiary/aromatic N) is 1. The van der Waals surface area contributed by atoms with Crippen LogP contribution in [0.25, 0.3) is 10.1 Å². The molecule has 26 heavy (non-hydrogen) atoms. The molecule has 5 rings (SSSR count). The Kier molecular flexibility index (Phi) is 5.26. The number of halogens is 1. The fraction of sp³-hybridized carbons (Fsp3) is 0.550. The van der Waals surface area contributed by atoms with Crippen molar-refractivity contribution in [1.29, 1.82) is 0 Å². The van der Waals surface area contributed by atoms with Crippen LogP contribution in [0.15, 0.2) is 18.2 Å². The summed E-state index contributed by atoms with van der Waals surface area (Å²) in [6, 6.07) is 6.33. The third-order valence-corrected chi connectivity index (χ3v) is 7.29. The molecule has 0 radical (unpaired) electrons. The third-order valence-electron chi connectivity index (χ3n) is 6.14. The van der Waals surface area contributed by atoms with Crippen molar-refractivity contribution in [2.75, 3.05) is 20.2 Å². The number of fused-ring (bicyclic) bond motifs is 4. The molecule has 1 aromatic carbocycles. The highest BCUT2D eigenvalue weighted by Crippen LogP contribution is 2.40. The number of carbonyl (C=O) groups excluding carboxylic acids is 1. The number of aryl methyl sites for hydroxylation is 1. The number of hydrogen-bond acceptors (Lipinski definition) is 4. The lowest BCUT2D eigenvalue weighted by molar-refractivity contribution is -0.0377. The molecule has 0 saturated carbocycles. The number of benzene rings is 1. The van der Waals surface area contributed by atoms with Gasteiger partial charge in [0.15, 0.2) is 0 Å². The maximum Gasteiger partial charge on any atom is 0.261 e. The first-order valence-corrected chi connectivity index (χ1v) is 9.86. The summed E-state index contributed by atoms with van der Waals surface area (Å²) >= 11 is 1.53. The summed E-state index contributed by atoms with van der Waals surface area (Å²) in [6.07, 6.45) is 2.38. The lowest BCUT2D eigenvalue weighted by Crippen LogP contribution is -2.69. The summed E-state index contributed by atoms with van der Waals surface area (Å²) in [4.78, 5) is 16.3. The largest absolute Gasteiger partial charge is 0.495 e. The summed E-state index contributed by atoms with van der Waals surface area (Å²) in [6.45, 7) is 8.88. The smallest absolute Gasteiger partial charge is 0.261 e. The molecule has 1 unspecified atom stereocenters. The van der Waals surface area contributed by atoms with Crippen molar-refractivity contribution in [1.82, 2.24) is 10.2 Å². The van der Waals surface area contributed by atoms with Crippen molar-refractivity contribution < 1.29 is 9.53 Å². The molecule has 1 aromatic heterocycles. The van der Waals surface area contributed by atoms with Crippen LogP contribution in [0.3, 0.4) is 0 Å².